The largest absolute Gasteiger partial charge is 0.467 e. The monoisotopic (exact) mass is 338 g/mol. The summed E-state index contributed by atoms with van der Waals surface area (Å²) in [5, 5.41) is 2.82. The van der Waals surface area contributed by atoms with Crippen LogP contribution in [0.1, 0.15) is 27.2 Å². The molecule has 0 aliphatic rings. The first kappa shape index (κ1) is 16.7. The van der Waals surface area contributed by atoms with E-state index in [1.54, 1.807) is 6.26 Å². The molecular formula is C19H18N2O4. The van der Waals surface area contributed by atoms with Gasteiger partial charge in [-0.3, -0.25) is 9.59 Å². The zero-order chi connectivity index (χ0) is 17.5. The highest BCUT2D eigenvalue weighted by Gasteiger charge is 2.05. The van der Waals surface area contributed by atoms with Crippen molar-refractivity contribution in [1.29, 1.82) is 0 Å². The van der Waals surface area contributed by atoms with Crippen LogP contribution >= 0.6 is 0 Å². The summed E-state index contributed by atoms with van der Waals surface area (Å²) in [6.45, 7) is 1.27. The van der Waals surface area contributed by atoms with Gasteiger partial charge in [0.05, 0.1) is 18.4 Å². The van der Waals surface area contributed by atoms with E-state index in [0.29, 0.717) is 25.3 Å². The number of H-pyrrole nitrogens is 1. The number of carbonyl (C=O) groups is 1. The van der Waals surface area contributed by atoms with E-state index >= 15 is 0 Å². The summed E-state index contributed by atoms with van der Waals surface area (Å²) >= 11 is 0. The van der Waals surface area contributed by atoms with Gasteiger partial charge in [-0.2, -0.15) is 0 Å². The molecule has 6 heteroatoms. The van der Waals surface area contributed by atoms with Crippen LogP contribution in [0.5, 0.6) is 0 Å². The highest BCUT2D eigenvalue weighted by atomic mass is 16.5. The van der Waals surface area contributed by atoms with E-state index in [4.69, 9.17) is 9.15 Å². The number of hydrogen-bond donors (Lipinski definition) is 2. The van der Waals surface area contributed by atoms with E-state index in [2.05, 4.69) is 10.3 Å². The molecule has 0 aliphatic heterocycles. The number of ether oxygens (including phenoxy) is 1. The molecule has 0 unspecified atom stereocenters. The molecule has 0 atom stereocenters. The summed E-state index contributed by atoms with van der Waals surface area (Å²) in [5.74, 6) is 0.542. The van der Waals surface area contributed by atoms with Gasteiger partial charge < -0.3 is 19.5 Å². The number of benzene rings is 1. The molecule has 2 heterocycles. The first-order valence-corrected chi connectivity index (χ1v) is 7.85. The van der Waals surface area contributed by atoms with Crippen molar-refractivity contribution in [2.45, 2.75) is 19.8 Å². The summed E-state index contributed by atoms with van der Waals surface area (Å²) in [6, 6.07) is 14.3. The van der Waals surface area contributed by atoms with E-state index in [1.807, 2.05) is 36.4 Å². The van der Waals surface area contributed by atoms with Crippen LogP contribution in [0.25, 0.3) is 0 Å². The normalized spacial score (nSPS) is 10.6. The summed E-state index contributed by atoms with van der Waals surface area (Å²) < 4.78 is 10.8. The lowest BCUT2D eigenvalue weighted by molar-refractivity contribution is 0.0928. The predicted octanol–water partition coefficient (Wildman–Crippen LogP) is 2.61. The maximum Gasteiger partial charge on any atom is 0.253 e. The number of carbonyl (C=O) groups excluding carboxylic acids is 1. The Kier molecular flexibility index (Phi) is 5.43. The van der Waals surface area contributed by atoms with Gasteiger partial charge in [0.25, 0.3) is 5.91 Å². The van der Waals surface area contributed by atoms with Crippen LogP contribution in [-0.2, 0) is 24.5 Å². The fraction of sp³-hybridized carbons (Fsp3) is 0.158. The number of nitrogens with one attached hydrogen (secondary N) is 2. The minimum absolute atomic E-state index is 0.237. The van der Waals surface area contributed by atoms with Crippen LogP contribution < -0.4 is 10.9 Å². The van der Waals surface area contributed by atoms with Crippen LogP contribution in [0.4, 0.5) is 0 Å². The van der Waals surface area contributed by atoms with Crippen molar-refractivity contribution < 1.29 is 13.9 Å². The molecule has 2 aromatic heterocycles. The number of rotatable bonds is 7. The average molecular weight is 338 g/mol. The van der Waals surface area contributed by atoms with Gasteiger partial charge in [-0.15, -0.1) is 0 Å². The second-order valence-electron chi connectivity index (χ2n) is 5.52. The molecule has 1 amide bonds. The number of aromatic nitrogens is 1. The smallest absolute Gasteiger partial charge is 0.253 e. The van der Waals surface area contributed by atoms with Gasteiger partial charge in [-0.25, -0.2) is 0 Å². The lowest BCUT2D eigenvalue weighted by Crippen LogP contribution is -2.23. The van der Waals surface area contributed by atoms with Crippen molar-refractivity contribution in [2.24, 2.45) is 0 Å². The third-order valence-electron chi connectivity index (χ3n) is 3.58. The van der Waals surface area contributed by atoms with E-state index in [1.165, 1.54) is 18.3 Å². The SMILES string of the molecule is O=C(NCc1cccc(COCc2ccco2)c1)c1ccc(=O)[nH]c1. The maximum atomic E-state index is 12.0. The fourth-order valence-corrected chi connectivity index (χ4v) is 2.33. The van der Waals surface area contributed by atoms with E-state index in [0.717, 1.165) is 16.9 Å². The molecule has 0 saturated heterocycles. The van der Waals surface area contributed by atoms with Crippen molar-refractivity contribution >= 4 is 5.91 Å². The number of furan rings is 1. The second-order valence-corrected chi connectivity index (χ2v) is 5.52. The first-order valence-electron chi connectivity index (χ1n) is 7.85. The lowest BCUT2D eigenvalue weighted by atomic mass is 10.1. The van der Waals surface area contributed by atoms with Gasteiger partial charge in [-0.1, -0.05) is 24.3 Å². The zero-order valence-electron chi connectivity index (χ0n) is 13.5. The van der Waals surface area contributed by atoms with Gasteiger partial charge in [0.1, 0.15) is 12.4 Å². The van der Waals surface area contributed by atoms with Crippen molar-refractivity contribution in [2.75, 3.05) is 0 Å². The van der Waals surface area contributed by atoms with Crippen LogP contribution in [0, 0.1) is 0 Å². The molecule has 0 radical (unpaired) electrons. The Morgan fingerprint density at radius 2 is 1.96 bits per heavy atom. The molecule has 2 N–H and O–H groups in total. The summed E-state index contributed by atoms with van der Waals surface area (Å²) in [7, 11) is 0. The Hall–Kier alpha value is -3.12. The molecule has 1 aromatic carbocycles. The minimum atomic E-state index is -0.240. The van der Waals surface area contributed by atoms with Gasteiger partial charge in [0.15, 0.2) is 0 Å². The standard InChI is InChI=1S/C19H18N2O4/c22-18-7-6-16(11-20-18)19(23)21-10-14-3-1-4-15(9-14)12-24-13-17-5-2-8-25-17/h1-9,11H,10,12-13H2,(H,20,22)(H,21,23). The molecule has 3 aromatic rings. The predicted molar refractivity (Wildman–Crippen MR) is 91.9 cm³/mol. The molecule has 6 nitrogen and oxygen atoms in total. The maximum absolute atomic E-state index is 12.0. The van der Waals surface area contributed by atoms with Crippen molar-refractivity contribution in [3.05, 3.63) is 93.8 Å². The molecule has 0 bridgehead atoms. The van der Waals surface area contributed by atoms with Crippen molar-refractivity contribution in [1.82, 2.24) is 10.3 Å². The number of pyridine rings is 1. The molecule has 0 fully saturated rings. The Morgan fingerprint density at radius 3 is 2.72 bits per heavy atom. The summed E-state index contributed by atoms with van der Waals surface area (Å²) in [6.07, 6.45) is 3.01. The van der Waals surface area contributed by atoms with Crippen LogP contribution in [-0.4, -0.2) is 10.9 Å². The van der Waals surface area contributed by atoms with Gasteiger partial charge >= 0.3 is 0 Å². The third-order valence-corrected chi connectivity index (χ3v) is 3.58. The van der Waals surface area contributed by atoms with Crippen molar-refractivity contribution in [3.8, 4) is 0 Å². The van der Waals surface area contributed by atoms with Gasteiger partial charge in [0, 0.05) is 18.8 Å². The van der Waals surface area contributed by atoms with E-state index in [9.17, 15) is 9.59 Å². The molecular weight excluding hydrogens is 320 g/mol. The van der Waals surface area contributed by atoms with E-state index in [-0.39, 0.29) is 11.5 Å². The fourth-order valence-electron chi connectivity index (χ4n) is 2.33. The molecule has 25 heavy (non-hydrogen) atoms. The van der Waals surface area contributed by atoms with Crippen LogP contribution in [0.3, 0.4) is 0 Å². The average Bonchev–Trinajstić information content (AvgIpc) is 3.14. The Balaban J connectivity index is 1.51. The lowest BCUT2D eigenvalue weighted by Gasteiger charge is -2.08. The Morgan fingerprint density at radius 1 is 1.08 bits per heavy atom. The number of hydrogen-bond acceptors (Lipinski definition) is 4. The van der Waals surface area contributed by atoms with Crippen LogP contribution in [0.15, 0.2) is 70.2 Å². The minimum Gasteiger partial charge on any atom is -0.467 e. The van der Waals surface area contributed by atoms with E-state index < -0.39 is 0 Å². The van der Waals surface area contributed by atoms with Gasteiger partial charge in [0.2, 0.25) is 5.56 Å². The summed E-state index contributed by atoms with van der Waals surface area (Å²) in [4.78, 5) is 25.5. The quantitative estimate of drug-likeness (QED) is 0.693. The van der Waals surface area contributed by atoms with Crippen LogP contribution in [0.2, 0.25) is 0 Å². The molecule has 3 rings (SSSR count). The highest BCUT2D eigenvalue weighted by Crippen LogP contribution is 2.09. The second kappa shape index (κ2) is 8.12. The Bertz CT molecular complexity index is 864. The highest BCUT2D eigenvalue weighted by molar-refractivity contribution is 5.93. The Labute approximate surface area is 144 Å². The first-order chi connectivity index (χ1) is 12.2. The number of amides is 1. The topological polar surface area (TPSA) is 84.3 Å². The molecule has 0 saturated carbocycles. The third kappa shape index (κ3) is 4.92. The van der Waals surface area contributed by atoms with Gasteiger partial charge in [-0.05, 0) is 29.3 Å². The molecule has 0 spiro atoms. The molecule has 128 valence electrons. The molecule has 0 aliphatic carbocycles. The zero-order valence-corrected chi connectivity index (χ0v) is 13.5. The summed E-state index contributed by atoms with van der Waals surface area (Å²) in [5.41, 5.74) is 2.16. The van der Waals surface area contributed by atoms with Crippen molar-refractivity contribution in [3.63, 3.8) is 0 Å². The number of aromatic amines is 1.